The first kappa shape index (κ1) is 16.1. The van der Waals surface area contributed by atoms with Crippen molar-refractivity contribution in [1.29, 1.82) is 0 Å². The second kappa shape index (κ2) is 7.65. The van der Waals surface area contributed by atoms with Gasteiger partial charge in [-0.3, -0.25) is 4.90 Å². The van der Waals surface area contributed by atoms with E-state index >= 15 is 0 Å². The first-order valence-electron chi connectivity index (χ1n) is 7.46. The summed E-state index contributed by atoms with van der Waals surface area (Å²) in [6, 6.07) is 5.90. The number of hydrogen-bond donors (Lipinski definition) is 1. The Morgan fingerprint density at radius 2 is 1.75 bits per heavy atom. The third kappa shape index (κ3) is 4.36. The molecule has 2 nitrogen and oxygen atoms in total. The standard InChI is InChI=1S/C16H24Cl2N2/c1-20(11-12-5-3-2-4-6-12)16(10-19)13-7-14(17)9-15(18)8-13/h7-9,12,16H,2-6,10-11,19H2,1H3. The molecule has 1 unspecified atom stereocenters. The van der Waals surface area contributed by atoms with Gasteiger partial charge in [-0.25, -0.2) is 0 Å². The van der Waals surface area contributed by atoms with Gasteiger partial charge >= 0.3 is 0 Å². The summed E-state index contributed by atoms with van der Waals surface area (Å²) in [6.07, 6.45) is 6.82. The van der Waals surface area contributed by atoms with Gasteiger partial charge < -0.3 is 5.73 Å². The molecule has 0 heterocycles. The van der Waals surface area contributed by atoms with Crippen molar-refractivity contribution >= 4 is 23.2 Å². The lowest BCUT2D eigenvalue weighted by Gasteiger charge is -2.32. The molecule has 0 radical (unpaired) electrons. The molecule has 112 valence electrons. The maximum atomic E-state index is 6.10. The van der Waals surface area contributed by atoms with E-state index in [1.165, 1.54) is 32.1 Å². The summed E-state index contributed by atoms with van der Waals surface area (Å²) in [6.45, 7) is 1.69. The van der Waals surface area contributed by atoms with Crippen LogP contribution in [0.1, 0.15) is 43.7 Å². The molecule has 1 fully saturated rings. The molecule has 1 aliphatic rings. The molecule has 0 aromatic heterocycles. The van der Waals surface area contributed by atoms with Gasteiger partial charge in [-0.1, -0.05) is 42.5 Å². The highest BCUT2D eigenvalue weighted by Crippen LogP contribution is 2.29. The van der Waals surface area contributed by atoms with E-state index in [1.807, 2.05) is 12.1 Å². The van der Waals surface area contributed by atoms with Crippen molar-refractivity contribution in [2.75, 3.05) is 20.1 Å². The summed E-state index contributed by atoms with van der Waals surface area (Å²) < 4.78 is 0. The number of nitrogens with two attached hydrogens (primary N) is 1. The van der Waals surface area contributed by atoms with E-state index in [9.17, 15) is 0 Å². The lowest BCUT2D eigenvalue weighted by atomic mass is 9.88. The number of halogens is 2. The minimum atomic E-state index is 0.188. The average Bonchev–Trinajstić information content (AvgIpc) is 2.39. The van der Waals surface area contributed by atoms with E-state index in [1.54, 1.807) is 6.07 Å². The number of hydrogen-bond acceptors (Lipinski definition) is 2. The molecule has 1 saturated carbocycles. The zero-order valence-electron chi connectivity index (χ0n) is 12.1. The minimum absolute atomic E-state index is 0.188. The van der Waals surface area contributed by atoms with Crippen LogP contribution in [0.2, 0.25) is 10.0 Å². The maximum Gasteiger partial charge on any atom is 0.0468 e. The van der Waals surface area contributed by atoms with E-state index < -0.39 is 0 Å². The molecule has 0 saturated heterocycles. The Kier molecular flexibility index (Phi) is 6.16. The van der Waals surface area contributed by atoms with Crippen LogP contribution in [0, 0.1) is 5.92 Å². The van der Waals surface area contributed by atoms with Crippen LogP contribution in [-0.4, -0.2) is 25.0 Å². The third-order valence-electron chi connectivity index (χ3n) is 4.30. The predicted molar refractivity (Wildman–Crippen MR) is 87.5 cm³/mol. The molecule has 0 spiro atoms. The maximum absolute atomic E-state index is 6.10. The lowest BCUT2D eigenvalue weighted by molar-refractivity contribution is 0.186. The quantitative estimate of drug-likeness (QED) is 0.866. The Bertz CT molecular complexity index is 410. The molecule has 1 aromatic rings. The van der Waals surface area contributed by atoms with Crippen LogP contribution in [0.3, 0.4) is 0 Å². The lowest BCUT2D eigenvalue weighted by Crippen LogP contribution is -2.34. The zero-order valence-corrected chi connectivity index (χ0v) is 13.6. The van der Waals surface area contributed by atoms with Crippen molar-refractivity contribution in [3.05, 3.63) is 33.8 Å². The van der Waals surface area contributed by atoms with Crippen LogP contribution in [0.5, 0.6) is 0 Å². The van der Waals surface area contributed by atoms with Gasteiger partial charge in [0, 0.05) is 29.2 Å². The summed E-state index contributed by atoms with van der Waals surface area (Å²) in [7, 11) is 2.15. The normalized spacial score (nSPS) is 18.4. The van der Waals surface area contributed by atoms with Crippen molar-refractivity contribution in [2.24, 2.45) is 11.7 Å². The molecular weight excluding hydrogens is 291 g/mol. The highest BCUT2D eigenvalue weighted by atomic mass is 35.5. The monoisotopic (exact) mass is 314 g/mol. The minimum Gasteiger partial charge on any atom is -0.329 e. The van der Waals surface area contributed by atoms with Crippen LogP contribution < -0.4 is 5.73 Å². The third-order valence-corrected chi connectivity index (χ3v) is 4.73. The Morgan fingerprint density at radius 1 is 1.15 bits per heavy atom. The molecule has 4 heteroatoms. The van der Waals surface area contributed by atoms with Crippen molar-refractivity contribution in [3.63, 3.8) is 0 Å². The van der Waals surface area contributed by atoms with Crippen LogP contribution in [0.4, 0.5) is 0 Å². The number of likely N-dealkylation sites (N-methyl/N-ethyl adjacent to an activating group) is 1. The Hall–Kier alpha value is -0.280. The molecule has 0 bridgehead atoms. The first-order chi connectivity index (χ1) is 9.60. The van der Waals surface area contributed by atoms with Gasteiger partial charge in [-0.15, -0.1) is 0 Å². The van der Waals surface area contributed by atoms with E-state index in [-0.39, 0.29) is 6.04 Å². The van der Waals surface area contributed by atoms with Crippen molar-refractivity contribution in [1.82, 2.24) is 4.90 Å². The molecule has 1 aliphatic carbocycles. The van der Waals surface area contributed by atoms with Crippen LogP contribution >= 0.6 is 23.2 Å². The first-order valence-corrected chi connectivity index (χ1v) is 8.22. The van der Waals surface area contributed by atoms with Crippen LogP contribution in [-0.2, 0) is 0 Å². The molecule has 0 aliphatic heterocycles. The summed E-state index contributed by atoms with van der Waals surface area (Å²) in [5.74, 6) is 0.803. The summed E-state index contributed by atoms with van der Waals surface area (Å²) in [4.78, 5) is 2.36. The topological polar surface area (TPSA) is 29.3 Å². The molecule has 1 atom stereocenters. The van der Waals surface area contributed by atoms with Crippen molar-refractivity contribution in [2.45, 2.75) is 38.1 Å². The fourth-order valence-electron chi connectivity index (χ4n) is 3.24. The summed E-state index contributed by atoms with van der Waals surface area (Å²) >= 11 is 12.2. The fraction of sp³-hybridized carbons (Fsp3) is 0.625. The molecule has 1 aromatic carbocycles. The second-order valence-corrected chi connectivity index (χ2v) is 6.77. The SMILES string of the molecule is CN(CC1CCCCC1)C(CN)c1cc(Cl)cc(Cl)c1. The molecule has 20 heavy (non-hydrogen) atoms. The fourth-order valence-corrected chi connectivity index (χ4v) is 3.79. The van der Waals surface area contributed by atoms with Gasteiger partial charge in [0.1, 0.15) is 0 Å². The Balaban J connectivity index is 2.05. The van der Waals surface area contributed by atoms with Crippen LogP contribution in [0.15, 0.2) is 18.2 Å². The summed E-state index contributed by atoms with van der Waals surface area (Å²) in [5, 5.41) is 1.36. The Morgan fingerprint density at radius 3 is 2.30 bits per heavy atom. The molecule has 2 rings (SSSR count). The number of rotatable bonds is 5. The van der Waals surface area contributed by atoms with Gasteiger partial charge in [-0.2, -0.15) is 0 Å². The Labute approximate surface area is 132 Å². The summed E-state index contributed by atoms with van der Waals surface area (Å²) in [5.41, 5.74) is 7.10. The number of nitrogens with zero attached hydrogens (tertiary/aromatic N) is 1. The zero-order chi connectivity index (χ0) is 14.5. The average molecular weight is 315 g/mol. The van der Waals surface area contributed by atoms with Gasteiger partial charge in [0.2, 0.25) is 0 Å². The van der Waals surface area contributed by atoms with Crippen molar-refractivity contribution in [3.8, 4) is 0 Å². The molecular formula is C16H24Cl2N2. The number of benzene rings is 1. The second-order valence-electron chi connectivity index (χ2n) is 5.90. The smallest absolute Gasteiger partial charge is 0.0468 e. The molecule has 0 amide bonds. The van der Waals surface area contributed by atoms with Gasteiger partial charge in [0.25, 0.3) is 0 Å². The van der Waals surface area contributed by atoms with E-state index in [4.69, 9.17) is 28.9 Å². The van der Waals surface area contributed by atoms with Crippen molar-refractivity contribution < 1.29 is 0 Å². The van der Waals surface area contributed by atoms with Gasteiger partial charge in [0.15, 0.2) is 0 Å². The largest absolute Gasteiger partial charge is 0.329 e. The van der Waals surface area contributed by atoms with E-state index in [0.29, 0.717) is 16.6 Å². The van der Waals surface area contributed by atoms with Gasteiger partial charge in [-0.05, 0) is 49.6 Å². The highest BCUT2D eigenvalue weighted by Gasteiger charge is 2.21. The van der Waals surface area contributed by atoms with Gasteiger partial charge in [0.05, 0.1) is 0 Å². The highest BCUT2D eigenvalue weighted by molar-refractivity contribution is 6.34. The molecule has 2 N–H and O–H groups in total. The predicted octanol–water partition coefficient (Wildman–Crippen LogP) is 4.51. The van der Waals surface area contributed by atoms with E-state index in [2.05, 4.69) is 11.9 Å². The van der Waals surface area contributed by atoms with E-state index in [0.717, 1.165) is 18.0 Å². The van der Waals surface area contributed by atoms with Crippen LogP contribution in [0.25, 0.3) is 0 Å².